The number of aliphatic hydroxyl groups is 1. The number of benzene rings is 2. The second-order valence-electron chi connectivity index (χ2n) is 6.38. The van der Waals surface area contributed by atoms with E-state index in [1.165, 1.54) is 16.7 Å². The number of hydrogen-bond donors (Lipinski definition) is 1. The van der Waals surface area contributed by atoms with Crippen LogP contribution in [0.3, 0.4) is 0 Å². The molecule has 0 aliphatic carbocycles. The third-order valence-electron chi connectivity index (χ3n) is 5.02. The Morgan fingerprint density at radius 2 is 2.00 bits per heavy atom. The lowest BCUT2D eigenvalue weighted by molar-refractivity contribution is 0.177. The highest BCUT2D eigenvalue weighted by atomic mass is 35.5. The van der Waals surface area contributed by atoms with E-state index in [4.69, 9.17) is 16.3 Å². The van der Waals surface area contributed by atoms with Crippen molar-refractivity contribution in [1.29, 1.82) is 0 Å². The van der Waals surface area contributed by atoms with Crippen LogP contribution in [0.15, 0.2) is 42.5 Å². The maximum Gasteiger partial charge on any atom is 0.137 e. The zero-order chi connectivity index (χ0) is 17.1. The molecule has 1 N–H and O–H groups in total. The van der Waals surface area contributed by atoms with Crippen LogP contribution in [0.4, 0.5) is 0 Å². The molecule has 1 heterocycles. The topological polar surface area (TPSA) is 32.7 Å². The summed E-state index contributed by atoms with van der Waals surface area (Å²) in [5.74, 6) is 0.899. The Hall–Kier alpha value is -1.55. The number of ether oxygens (including phenoxy) is 1. The van der Waals surface area contributed by atoms with Gasteiger partial charge in [0, 0.05) is 25.1 Å². The Kier molecular flexibility index (Phi) is 5.44. The minimum Gasteiger partial charge on any atom is -0.495 e. The normalized spacial score (nSPS) is 21.2. The van der Waals surface area contributed by atoms with E-state index in [2.05, 4.69) is 42.3 Å². The van der Waals surface area contributed by atoms with Crippen LogP contribution in [-0.2, 0) is 6.42 Å². The molecule has 3 nitrogen and oxygen atoms in total. The third-order valence-corrected chi connectivity index (χ3v) is 5.31. The molecule has 0 fully saturated rings. The van der Waals surface area contributed by atoms with Crippen LogP contribution in [0.5, 0.6) is 5.75 Å². The third kappa shape index (κ3) is 3.30. The van der Waals surface area contributed by atoms with Crippen molar-refractivity contribution in [3.8, 4) is 5.75 Å². The first-order chi connectivity index (χ1) is 11.7. The molecule has 24 heavy (non-hydrogen) atoms. The Morgan fingerprint density at radius 3 is 2.67 bits per heavy atom. The summed E-state index contributed by atoms with van der Waals surface area (Å²) in [4.78, 5) is 2.36. The van der Waals surface area contributed by atoms with E-state index in [9.17, 15) is 5.11 Å². The molecule has 0 radical (unpaired) electrons. The van der Waals surface area contributed by atoms with Crippen molar-refractivity contribution in [3.63, 3.8) is 0 Å². The zero-order valence-electron chi connectivity index (χ0n) is 14.2. The van der Waals surface area contributed by atoms with Crippen molar-refractivity contribution < 1.29 is 9.84 Å². The maximum absolute atomic E-state index is 9.61. The van der Waals surface area contributed by atoms with Crippen molar-refractivity contribution in [2.75, 3.05) is 27.3 Å². The molecule has 1 aliphatic heterocycles. The molecular weight excluding hydrogens is 322 g/mol. The number of fused-ring (bicyclic) bond motifs is 1. The molecule has 2 aromatic rings. The summed E-state index contributed by atoms with van der Waals surface area (Å²) >= 11 is 6.36. The van der Waals surface area contributed by atoms with Gasteiger partial charge in [-0.05, 0) is 48.7 Å². The van der Waals surface area contributed by atoms with Crippen LogP contribution in [-0.4, -0.2) is 43.4 Å². The lowest BCUT2D eigenvalue weighted by atomic mass is 9.81. The predicted octanol–water partition coefficient (Wildman–Crippen LogP) is 3.72. The SMILES string of the molecule is COc1cc2c(cc1Cl)CCN(C)[C@@H](CCO)[C@@H]2c1ccccc1. The fourth-order valence-corrected chi connectivity index (χ4v) is 4.04. The van der Waals surface area contributed by atoms with Gasteiger partial charge in [-0.3, -0.25) is 0 Å². The second kappa shape index (κ2) is 7.56. The summed E-state index contributed by atoms with van der Waals surface area (Å²) in [6, 6.07) is 14.9. The molecule has 2 atom stereocenters. The van der Waals surface area contributed by atoms with Gasteiger partial charge in [-0.1, -0.05) is 41.9 Å². The fraction of sp³-hybridized carbons (Fsp3) is 0.400. The molecular formula is C20H24ClNO2. The second-order valence-corrected chi connectivity index (χ2v) is 6.79. The lowest BCUT2D eigenvalue weighted by Crippen LogP contribution is -2.37. The van der Waals surface area contributed by atoms with Gasteiger partial charge in [0.05, 0.1) is 12.1 Å². The summed E-state index contributed by atoms with van der Waals surface area (Å²) < 4.78 is 5.46. The molecule has 128 valence electrons. The molecule has 0 bridgehead atoms. The van der Waals surface area contributed by atoms with Gasteiger partial charge in [0.2, 0.25) is 0 Å². The van der Waals surface area contributed by atoms with Gasteiger partial charge in [-0.25, -0.2) is 0 Å². The van der Waals surface area contributed by atoms with Gasteiger partial charge < -0.3 is 14.7 Å². The molecule has 0 saturated heterocycles. The number of methoxy groups -OCH3 is 1. The summed E-state index contributed by atoms with van der Waals surface area (Å²) in [5, 5.41) is 10.3. The van der Waals surface area contributed by atoms with Crippen molar-refractivity contribution in [1.82, 2.24) is 4.90 Å². The van der Waals surface area contributed by atoms with E-state index in [0.29, 0.717) is 10.8 Å². The molecule has 0 saturated carbocycles. The van der Waals surface area contributed by atoms with Gasteiger partial charge in [0.25, 0.3) is 0 Å². The number of halogens is 1. The number of nitrogens with zero attached hydrogens (tertiary/aromatic N) is 1. The Morgan fingerprint density at radius 1 is 1.25 bits per heavy atom. The fourth-order valence-electron chi connectivity index (χ4n) is 3.78. The van der Waals surface area contributed by atoms with E-state index in [-0.39, 0.29) is 18.6 Å². The molecule has 0 amide bonds. The molecule has 4 heteroatoms. The monoisotopic (exact) mass is 345 g/mol. The molecule has 3 rings (SSSR count). The van der Waals surface area contributed by atoms with E-state index in [0.717, 1.165) is 19.4 Å². The Balaban J connectivity index is 2.18. The van der Waals surface area contributed by atoms with Crippen LogP contribution in [0.2, 0.25) is 5.02 Å². The van der Waals surface area contributed by atoms with Gasteiger partial charge >= 0.3 is 0 Å². The lowest BCUT2D eigenvalue weighted by Gasteiger charge is -2.33. The number of rotatable bonds is 4. The van der Waals surface area contributed by atoms with Gasteiger partial charge in [-0.2, -0.15) is 0 Å². The minimum absolute atomic E-state index is 0.179. The zero-order valence-corrected chi connectivity index (χ0v) is 15.0. The highest BCUT2D eigenvalue weighted by Crippen LogP contribution is 2.40. The predicted molar refractivity (Wildman–Crippen MR) is 98.1 cm³/mol. The largest absolute Gasteiger partial charge is 0.495 e. The smallest absolute Gasteiger partial charge is 0.137 e. The molecule has 2 aromatic carbocycles. The van der Waals surface area contributed by atoms with Crippen LogP contribution < -0.4 is 4.74 Å². The van der Waals surface area contributed by atoms with Crippen molar-refractivity contribution in [2.24, 2.45) is 0 Å². The van der Waals surface area contributed by atoms with E-state index >= 15 is 0 Å². The number of hydrogen-bond acceptors (Lipinski definition) is 3. The van der Waals surface area contributed by atoms with Crippen LogP contribution in [0, 0.1) is 0 Å². The van der Waals surface area contributed by atoms with Gasteiger partial charge in [0.15, 0.2) is 0 Å². The quantitative estimate of drug-likeness (QED) is 0.916. The summed E-state index contributed by atoms with van der Waals surface area (Å²) in [5.41, 5.74) is 3.78. The van der Waals surface area contributed by atoms with E-state index in [1.54, 1.807) is 7.11 Å². The first-order valence-electron chi connectivity index (χ1n) is 8.38. The number of likely N-dealkylation sites (N-methyl/N-ethyl adjacent to an activating group) is 1. The first kappa shape index (κ1) is 17.3. The highest BCUT2D eigenvalue weighted by Gasteiger charge is 2.32. The first-order valence-corrected chi connectivity index (χ1v) is 8.76. The summed E-state index contributed by atoms with van der Waals surface area (Å²) in [6.07, 6.45) is 1.68. The molecule has 0 spiro atoms. The maximum atomic E-state index is 9.61. The molecule has 0 unspecified atom stereocenters. The average Bonchev–Trinajstić information content (AvgIpc) is 2.73. The molecule has 0 aromatic heterocycles. The average molecular weight is 346 g/mol. The molecule has 1 aliphatic rings. The van der Waals surface area contributed by atoms with Crippen LogP contribution in [0.1, 0.15) is 29.0 Å². The summed E-state index contributed by atoms with van der Waals surface area (Å²) in [6.45, 7) is 1.13. The van der Waals surface area contributed by atoms with Gasteiger partial charge in [-0.15, -0.1) is 0 Å². The summed E-state index contributed by atoms with van der Waals surface area (Å²) in [7, 11) is 3.79. The van der Waals surface area contributed by atoms with E-state index in [1.807, 2.05) is 12.1 Å². The highest BCUT2D eigenvalue weighted by molar-refractivity contribution is 6.32. The van der Waals surface area contributed by atoms with Crippen molar-refractivity contribution >= 4 is 11.6 Å². The minimum atomic E-state index is 0.179. The van der Waals surface area contributed by atoms with Gasteiger partial charge in [0.1, 0.15) is 5.75 Å². The van der Waals surface area contributed by atoms with Crippen molar-refractivity contribution in [3.05, 3.63) is 64.2 Å². The number of aliphatic hydroxyl groups excluding tert-OH is 1. The van der Waals surface area contributed by atoms with Crippen LogP contribution >= 0.6 is 11.6 Å². The van der Waals surface area contributed by atoms with Crippen LogP contribution in [0.25, 0.3) is 0 Å². The standard InChI is InChI=1S/C20H24ClNO2/c1-22-10-8-15-12-17(21)19(24-2)13-16(15)20(18(22)9-11-23)14-6-4-3-5-7-14/h3-7,12-13,18,20,23H,8-11H2,1-2H3/t18-,20+/m0/s1. The Bertz CT molecular complexity index is 690. The van der Waals surface area contributed by atoms with E-state index < -0.39 is 0 Å². The Labute approximate surface area is 148 Å². The van der Waals surface area contributed by atoms with Crippen molar-refractivity contribution in [2.45, 2.75) is 24.8 Å².